The van der Waals surface area contributed by atoms with Gasteiger partial charge in [0.1, 0.15) is 22.3 Å². The van der Waals surface area contributed by atoms with Crippen molar-refractivity contribution in [2.75, 3.05) is 12.4 Å². The molecule has 0 bridgehead atoms. The fourth-order valence-corrected chi connectivity index (χ4v) is 2.05. The average molecular weight is 257 g/mol. The Labute approximate surface area is 94.4 Å². The highest BCUT2D eigenvalue weighted by Crippen LogP contribution is 2.42. The van der Waals surface area contributed by atoms with Crippen molar-refractivity contribution in [3.8, 4) is 6.07 Å². The maximum absolute atomic E-state index is 8.78. The van der Waals surface area contributed by atoms with Gasteiger partial charge in [-0.05, 0) is 11.5 Å². The standard InChI is InChI=1S/C6H4Cl3N3S/c1-11-5-3(2-10)4(12-13-5)6(7,8)9/h11H,1H3. The minimum absolute atomic E-state index is 0.175. The lowest BCUT2D eigenvalue weighted by molar-refractivity contribution is 1.15. The number of nitriles is 1. The second-order valence-corrected chi connectivity index (χ2v) is 5.15. The summed E-state index contributed by atoms with van der Waals surface area (Å²) >= 11 is 17.9. The molecule has 0 atom stereocenters. The Balaban J connectivity index is 3.26. The summed E-state index contributed by atoms with van der Waals surface area (Å²) in [6, 6.07) is 1.93. The summed E-state index contributed by atoms with van der Waals surface area (Å²) in [5, 5.41) is 12.2. The molecule has 1 N–H and O–H groups in total. The molecule has 0 amide bonds. The van der Waals surface area contributed by atoms with Crippen LogP contribution in [0, 0.1) is 11.3 Å². The molecule has 1 rings (SSSR count). The van der Waals surface area contributed by atoms with E-state index in [4.69, 9.17) is 40.1 Å². The molecule has 0 saturated carbocycles. The van der Waals surface area contributed by atoms with Crippen molar-refractivity contribution in [3.05, 3.63) is 11.3 Å². The highest BCUT2D eigenvalue weighted by atomic mass is 35.6. The summed E-state index contributed by atoms with van der Waals surface area (Å²) in [7, 11) is 1.68. The van der Waals surface area contributed by atoms with E-state index in [2.05, 4.69) is 9.69 Å². The second kappa shape index (κ2) is 3.89. The van der Waals surface area contributed by atoms with Crippen molar-refractivity contribution in [2.24, 2.45) is 0 Å². The molecule has 1 aromatic heterocycles. The van der Waals surface area contributed by atoms with Crippen LogP contribution in [0.15, 0.2) is 0 Å². The predicted octanol–water partition coefficient (Wildman–Crippen LogP) is 2.88. The summed E-state index contributed by atoms with van der Waals surface area (Å²) in [5.41, 5.74) is 0.460. The van der Waals surface area contributed by atoms with E-state index in [1.165, 1.54) is 0 Å². The summed E-state index contributed by atoms with van der Waals surface area (Å²) < 4.78 is 2.25. The zero-order chi connectivity index (χ0) is 10.1. The Morgan fingerprint density at radius 2 is 2.15 bits per heavy atom. The lowest BCUT2D eigenvalue weighted by atomic mass is 10.3. The van der Waals surface area contributed by atoms with Gasteiger partial charge in [0.2, 0.25) is 3.79 Å². The normalized spacial score (nSPS) is 11.0. The summed E-state index contributed by atoms with van der Waals surface area (Å²) in [6.07, 6.45) is 0. The van der Waals surface area contributed by atoms with E-state index in [-0.39, 0.29) is 11.3 Å². The first-order chi connectivity index (χ1) is 6.00. The van der Waals surface area contributed by atoms with Crippen LogP contribution >= 0.6 is 46.3 Å². The molecular weight excluding hydrogens is 253 g/mol. The van der Waals surface area contributed by atoms with Crippen molar-refractivity contribution < 1.29 is 0 Å². The van der Waals surface area contributed by atoms with Gasteiger partial charge in [-0.1, -0.05) is 34.8 Å². The molecular formula is C6H4Cl3N3S. The summed E-state index contributed by atoms with van der Waals surface area (Å²) in [6.45, 7) is 0. The Morgan fingerprint density at radius 3 is 2.54 bits per heavy atom. The van der Waals surface area contributed by atoms with Gasteiger partial charge in [0.05, 0.1) is 0 Å². The lowest BCUT2D eigenvalue weighted by Gasteiger charge is -2.06. The Hall–Kier alpha value is -0.210. The van der Waals surface area contributed by atoms with Crippen LogP contribution in [-0.2, 0) is 3.79 Å². The number of anilines is 1. The van der Waals surface area contributed by atoms with Gasteiger partial charge in [0.25, 0.3) is 0 Å². The van der Waals surface area contributed by atoms with Crippen LogP contribution in [0.2, 0.25) is 0 Å². The van der Waals surface area contributed by atoms with Crippen LogP contribution in [-0.4, -0.2) is 11.4 Å². The van der Waals surface area contributed by atoms with E-state index in [0.717, 1.165) is 11.5 Å². The van der Waals surface area contributed by atoms with Gasteiger partial charge in [0, 0.05) is 7.05 Å². The van der Waals surface area contributed by atoms with E-state index in [9.17, 15) is 0 Å². The summed E-state index contributed by atoms with van der Waals surface area (Å²) in [4.78, 5) is 0. The Bertz CT molecular complexity index is 349. The third-order valence-electron chi connectivity index (χ3n) is 1.30. The van der Waals surface area contributed by atoms with E-state index < -0.39 is 3.79 Å². The molecule has 0 fully saturated rings. The Kier molecular flexibility index (Phi) is 3.25. The predicted molar refractivity (Wildman–Crippen MR) is 55.6 cm³/mol. The monoisotopic (exact) mass is 255 g/mol. The molecule has 3 nitrogen and oxygen atoms in total. The molecule has 0 radical (unpaired) electrons. The summed E-state index contributed by atoms with van der Waals surface area (Å²) in [5.74, 6) is 0. The number of hydrogen-bond acceptors (Lipinski definition) is 4. The molecule has 0 unspecified atom stereocenters. The van der Waals surface area contributed by atoms with E-state index in [1.807, 2.05) is 6.07 Å². The SMILES string of the molecule is CNc1snc(C(Cl)(Cl)Cl)c1C#N. The first-order valence-corrected chi connectivity index (χ1v) is 5.06. The van der Waals surface area contributed by atoms with Crippen LogP contribution in [0.3, 0.4) is 0 Å². The fraction of sp³-hybridized carbons (Fsp3) is 0.333. The zero-order valence-electron chi connectivity index (χ0n) is 6.44. The molecule has 1 heterocycles. The number of rotatable bonds is 1. The number of halogens is 3. The fourth-order valence-electron chi connectivity index (χ4n) is 0.758. The van der Waals surface area contributed by atoms with Gasteiger partial charge in [-0.3, -0.25) is 0 Å². The number of alkyl halides is 3. The number of nitrogens with one attached hydrogen (secondary N) is 1. The van der Waals surface area contributed by atoms with Crippen molar-refractivity contribution in [2.45, 2.75) is 3.79 Å². The van der Waals surface area contributed by atoms with Crippen LogP contribution in [0.5, 0.6) is 0 Å². The van der Waals surface area contributed by atoms with Crippen LogP contribution in [0.4, 0.5) is 5.00 Å². The third kappa shape index (κ3) is 2.18. The first-order valence-electron chi connectivity index (χ1n) is 3.15. The van der Waals surface area contributed by atoms with Gasteiger partial charge < -0.3 is 5.32 Å². The van der Waals surface area contributed by atoms with Gasteiger partial charge in [-0.15, -0.1) is 0 Å². The molecule has 0 aliphatic carbocycles. The van der Waals surface area contributed by atoms with E-state index >= 15 is 0 Å². The van der Waals surface area contributed by atoms with Crippen molar-refractivity contribution in [1.29, 1.82) is 5.26 Å². The zero-order valence-corrected chi connectivity index (χ0v) is 9.52. The topological polar surface area (TPSA) is 48.7 Å². The van der Waals surface area contributed by atoms with E-state index in [0.29, 0.717) is 5.00 Å². The van der Waals surface area contributed by atoms with Crippen molar-refractivity contribution >= 4 is 51.3 Å². The van der Waals surface area contributed by atoms with Gasteiger partial charge in [0.15, 0.2) is 0 Å². The quantitative estimate of drug-likeness (QED) is 0.786. The number of aromatic nitrogens is 1. The van der Waals surface area contributed by atoms with Crippen LogP contribution in [0.1, 0.15) is 11.3 Å². The van der Waals surface area contributed by atoms with Crippen LogP contribution in [0.25, 0.3) is 0 Å². The third-order valence-corrected chi connectivity index (χ3v) is 2.70. The maximum atomic E-state index is 8.78. The Morgan fingerprint density at radius 1 is 1.54 bits per heavy atom. The highest BCUT2D eigenvalue weighted by Gasteiger charge is 2.31. The van der Waals surface area contributed by atoms with Crippen molar-refractivity contribution in [1.82, 2.24) is 4.37 Å². The smallest absolute Gasteiger partial charge is 0.235 e. The highest BCUT2D eigenvalue weighted by molar-refractivity contribution is 7.10. The van der Waals surface area contributed by atoms with Crippen molar-refractivity contribution in [3.63, 3.8) is 0 Å². The molecule has 0 spiro atoms. The average Bonchev–Trinajstić information content (AvgIpc) is 2.45. The molecule has 0 aliphatic heterocycles. The minimum atomic E-state index is -1.64. The molecule has 0 aromatic carbocycles. The first kappa shape index (κ1) is 10.9. The molecule has 0 aliphatic rings. The van der Waals surface area contributed by atoms with Gasteiger partial charge in [-0.2, -0.15) is 9.64 Å². The molecule has 70 valence electrons. The number of hydrogen-bond donors (Lipinski definition) is 1. The molecule has 7 heteroatoms. The molecule has 1 aromatic rings. The maximum Gasteiger partial charge on any atom is 0.235 e. The second-order valence-electron chi connectivity index (χ2n) is 2.09. The molecule has 0 saturated heterocycles. The largest absolute Gasteiger partial charge is 0.378 e. The number of nitrogens with zero attached hydrogens (tertiary/aromatic N) is 2. The van der Waals surface area contributed by atoms with Crippen LogP contribution < -0.4 is 5.32 Å². The van der Waals surface area contributed by atoms with Gasteiger partial charge in [-0.25, -0.2) is 0 Å². The minimum Gasteiger partial charge on any atom is -0.378 e. The molecule has 13 heavy (non-hydrogen) atoms. The van der Waals surface area contributed by atoms with E-state index in [1.54, 1.807) is 7.05 Å². The lowest BCUT2D eigenvalue weighted by Crippen LogP contribution is -2.03. The van der Waals surface area contributed by atoms with Gasteiger partial charge >= 0.3 is 0 Å².